The van der Waals surface area contributed by atoms with Gasteiger partial charge >= 0.3 is 0 Å². The lowest BCUT2D eigenvalue weighted by molar-refractivity contribution is 0.0792. The maximum Gasteiger partial charge on any atom is 0.253 e. The third kappa shape index (κ3) is 5.08. The first kappa shape index (κ1) is 20.2. The van der Waals surface area contributed by atoms with E-state index in [2.05, 4.69) is 34.0 Å². The van der Waals surface area contributed by atoms with Crippen molar-refractivity contribution < 1.29 is 4.79 Å². The molecule has 0 bridgehead atoms. The van der Waals surface area contributed by atoms with Crippen molar-refractivity contribution in [3.05, 3.63) is 47.2 Å². The molecule has 2 fully saturated rings. The summed E-state index contributed by atoms with van der Waals surface area (Å²) in [4.78, 5) is 28.7. The van der Waals surface area contributed by atoms with Crippen LogP contribution in [0.25, 0.3) is 0 Å². The fourth-order valence-corrected chi connectivity index (χ4v) is 4.67. The molecule has 0 saturated carbocycles. The minimum Gasteiger partial charge on any atom is -0.354 e. The number of aryl methyl sites for hydroxylation is 1. The summed E-state index contributed by atoms with van der Waals surface area (Å²) in [5.41, 5.74) is 2.91. The van der Waals surface area contributed by atoms with Crippen LogP contribution in [0.15, 0.2) is 35.5 Å². The Hall–Kier alpha value is -2.12. The Kier molecular flexibility index (Phi) is 6.35. The number of rotatable bonds is 5. The molecule has 2 aromatic rings. The van der Waals surface area contributed by atoms with Gasteiger partial charge in [0.05, 0.1) is 0 Å². The zero-order valence-electron chi connectivity index (χ0n) is 17.3. The Morgan fingerprint density at radius 3 is 2.55 bits per heavy atom. The molecule has 29 heavy (non-hydrogen) atoms. The van der Waals surface area contributed by atoms with Gasteiger partial charge in [0.1, 0.15) is 5.82 Å². The summed E-state index contributed by atoms with van der Waals surface area (Å²) < 4.78 is 0. The second-order valence-corrected chi connectivity index (χ2v) is 8.87. The normalized spacial score (nSPS) is 17.7. The van der Waals surface area contributed by atoms with E-state index in [9.17, 15) is 4.79 Å². The summed E-state index contributed by atoms with van der Waals surface area (Å²) in [6.07, 6.45) is 2.23. The molecule has 0 spiro atoms. The van der Waals surface area contributed by atoms with E-state index in [4.69, 9.17) is 4.98 Å². The molecule has 0 unspecified atom stereocenters. The van der Waals surface area contributed by atoms with E-state index < -0.39 is 0 Å². The van der Waals surface area contributed by atoms with Crippen LogP contribution < -0.4 is 4.90 Å². The van der Waals surface area contributed by atoms with Gasteiger partial charge in [-0.2, -0.15) is 0 Å². The predicted octanol–water partition coefficient (Wildman–Crippen LogP) is 3.07. The van der Waals surface area contributed by atoms with Crippen LogP contribution in [-0.2, 0) is 5.75 Å². The first-order chi connectivity index (χ1) is 14.1. The van der Waals surface area contributed by atoms with Crippen molar-refractivity contribution in [2.45, 2.75) is 30.7 Å². The lowest BCUT2D eigenvalue weighted by atomic mass is 10.1. The molecule has 4 rings (SSSR count). The highest BCUT2D eigenvalue weighted by atomic mass is 32.2. The largest absolute Gasteiger partial charge is 0.354 e. The number of hydrogen-bond acceptors (Lipinski definition) is 6. The van der Waals surface area contributed by atoms with Crippen molar-refractivity contribution in [2.75, 3.05) is 51.2 Å². The molecule has 0 radical (unpaired) electrons. The van der Waals surface area contributed by atoms with Crippen molar-refractivity contribution >= 4 is 23.5 Å². The van der Waals surface area contributed by atoms with Gasteiger partial charge < -0.3 is 14.7 Å². The van der Waals surface area contributed by atoms with Gasteiger partial charge in [-0.05, 0) is 44.5 Å². The molecule has 0 N–H and O–H groups in total. The first-order valence-electron chi connectivity index (χ1n) is 10.4. The smallest absolute Gasteiger partial charge is 0.253 e. The van der Waals surface area contributed by atoms with Crippen LogP contribution in [0.3, 0.4) is 0 Å². The number of aromatic nitrogens is 2. The van der Waals surface area contributed by atoms with Gasteiger partial charge in [0.2, 0.25) is 0 Å². The van der Waals surface area contributed by atoms with E-state index in [1.54, 1.807) is 11.8 Å². The maximum atomic E-state index is 12.6. The van der Waals surface area contributed by atoms with Crippen LogP contribution in [0.5, 0.6) is 0 Å². The zero-order chi connectivity index (χ0) is 20.2. The van der Waals surface area contributed by atoms with Crippen molar-refractivity contribution in [2.24, 2.45) is 0 Å². The summed E-state index contributed by atoms with van der Waals surface area (Å²) in [5, 5.41) is 0.801. The van der Waals surface area contributed by atoms with Gasteiger partial charge in [0.25, 0.3) is 5.91 Å². The molecule has 2 aliphatic rings. The average molecular weight is 412 g/mol. The monoisotopic (exact) mass is 411 g/mol. The number of anilines is 1. The van der Waals surface area contributed by atoms with Gasteiger partial charge in [-0.25, -0.2) is 9.97 Å². The molecule has 0 aliphatic carbocycles. The number of carbonyl (C=O) groups is 1. The SMILES string of the molecule is Cc1cc(N2CCN(C)CC2)nc(SCc2cccc(C(=O)N3CCCC3)c2)n1. The number of amides is 1. The third-order valence-corrected chi connectivity index (χ3v) is 6.50. The van der Waals surface area contributed by atoms with E-state index >= 15 is 0 Å². The Morgan fingerprint density at radius 2 is 1.79 bits per heavy atom. The third-order valence-electron chi connectivity index (χ3n) is 5.58. The number of likely N-dealkylation sites (N-methyl/N-ethyl adjacent to an activating group) is 1. The number of nitrogens with zero attached hydrogens (tertiary/aromatic N) is 5. The number of benzene rings is 1. The molecule has 3 heterocycles. The van der Waals surface area contributed by atoms with Crippen LogP contribution >= 0.6 is 11.8 Å². The molecule has 2 saturated heterocycles. The number of likely N-dealkylation sites (tertiary alicyclic amines) is 1. The second kappa shape index (κ2) is 9.13. The fourth-order valence-electron chi connectivity index (χ4n) is 3.83. The highest BCUT2D eigenvalue weighted by Gasteiger charge is 2.20. The standard InChI is InChI=1S/C22H29N5OS/c1-17-14-20(26-12-10-25(2)11-13-26)24-22(23-17)29-16-18-6-5-7-19(15-18)21(28)27-8-3-4-9-27/h5-7,14-15H,3-4,8-13,16H2,1-2H3. The molecular formula is C22H29N5OS. The number of carbonyl (C=O) groups excluding carboxylic acids is 1. The highest BCUT2D eigenvalue weighted by Crippen LogP contribution is 2.24. The van der Waals surface area contributed by atoms with Gasteiger partial charge in [-0.15, -0.1) is 0 Å². The second-order valence-electron chi connectivity index (χ2n) is 7.93. The topological polar surface area (TPSA) is 52.6 Å². The van der Waals surface area contributed by atoms with E-state index in [0.717, 1.165) is 85.7 Å². The molecule has 6 nitrogen and oxygen atoms in total. The Labute approximate surface area is 177 Å². The molecule has 2 aliphatic heterocycles. The summed E-state index contributed by atoms with van der Waals surface area (Å²) >= 11 is 1.63. The summed E-state index contributed by atoms with van der Waals surface area (Å²) in [6.45, 7) is 7.90. The highest BCUT2D eigenvalue weighted by molar-refractivity contribution is 7.98. The van der Waals surface area contributed by atoms with Crippen molar-refractivity contribution in [1.82, 2.24) is 19.8 Å². The molecule has 154 valence electrons. The van der Waals surface area contributed by atoms with Crippen LogP contribution in [-0.4, -0.2) is 72.0 Å². The van der Waals surface area contributed by atoms with E-state index in [1.807, 2.05) is 30.0 Å². The van der Waals surface area contributed by atoms with Crippen molar-refractivity contribution in [3.8, 4) is 0 Å². The zero-order valence-corrected chi connectivity index (χ0v) is 18.1. The predicted molar refractivity (Wildman–Crippen MR) is 118 cm³/mol. The summed E-state index contributed by atoms with van der Waals surface area (Å²) in [5.74, 6) is 1.93. The van der Waals surface area contributed by atoms with E-state index in [-0.39, 0.29) is 5.91 Å². The maximum absolute atomic E-state index is 12.6. The molecule has 1 aromatic heterocycles. The number of thioether (sulfide) groups is 1. The average Bonchev–Trinajstić information content (AvgIpc) is 3.27. The molecule has 0 atom stereocenters. The number of piperazine rings is 1. The van der Waals surface area contributed by atoms with Gasteiger partial charge in [-0.3, -0.25) is 4.79 Å². The first-order valence-corrected chi connectivity index (χ1v) is 11.4. The van der Waals surface area contributed by atoms with Crippen LogP contribution in [0.1, 0.15) is 34.5 Å². The minimum absolute atomic E-state index is 0.151. The summed E-state index contributed by atoms with van der Waals surface area (Å²) in [6, 6.07) is 10.1. The quantitative estimate of drug-likeness (QED) is 0.557. The lowest BCUT2D eigenvalue weighted by Crippen LogP contribution is -2.44. The Balaban J connectivity index is 1.42. The van der Waals surface area contributed by atoms with Crippen molar-refractivity contribution in [1.29, 1.82) is 0 Å². The van der Waals surface area contributed by atoms with Crippen LogP contribution in [0, 0.1) is 6.92 Å². The molecule has 1 amide bonds. The van der Waals surface area contributed by atoms with E-state index in [1.165, 1.54) is 0 Å². The lowest BCUT2D eigenvalue weighted by Gasteiger charge is -2.33. The van der Waals surface area contributed by atoms with Crippen molar-refractivity contribution in [3.63, 3.8) is 0 Å². The van der Waals surface area contributed by atoms with Crippen LogP contribution in [0.2, 0.25) is 0 Å². The number of hydrogen-bond donors (Lipinski definition) is 0. The van der Waals surface area contributed by atoms with E-state index in [0.29, 0.717) is 0 Å². The Bertz CT molecular complexity index is 860. The Morgan fingerprint density at radius 1 is 1.03 bits per heavy atom. The van der Waals surface area contributed by atoms with Gasteiger partial charge in [0, 0.05) is 62.3 Å². The molecule has 7 heteroatoms. The minimum atomic E-state index is 0.151. The van der Waals surface area contributed by atoms with Crippen LogP contribution in [0.4, 0.5) is 5.82 Å². The molecular weight excluding hydrogens is 382 g/mol. The van der Waals surface area contributed by atoms with Gasteiger partial charge in [0.15, 0.2) is 5.16 Å². The fraction of sp³-hybridized carbons (Fsp3) is 0.500. The van der Waals surface area contributed by atoms with Gasteiger partial charge in [-0.1, -0.05) is 23.9 Å². The molecule has 1 aromatic carbocycles. The summed E-state index contributed by atoms with van der Waals surface area (Å²) in [7, 11) is 2.16.